The smallest absolute Gasteiger partial charge is 0.255 e. The van der Waals surface area contributed by atoms with Crippen LogP contribution in [0.15, 0.2) is 85.5 Å². The van der Waals surface area contributed by atoms with Crippen LogP contribution in [0.2, 0.25) is 0 Å². The molecule has 1 heterocycles. The van der Waals surface area contributed by atoms with Gasteiger partial charge in [0.25, 0.3) is 11.8 Å². The number of methoxy groups -OCH3 is 1. The van der Waals surface area contributed by atoms with Crippen molar-refractivity contribution < 1.29 is 14.3 Å². The van der Waals surface area contributed by atoms with Crippen molar-refractivity contribution in [1.29, 1.82) is 0 Å². The molecule has 33 heavy (non-hydrogen) atoms. The number of nitrogens with one attached hydrogen (secondary N) is 2. The van der Waals surface area contributed by atoms with Gasteiger partial charge in [-0.25, -0.2) is 9.67 Å². The molecule has 4 rings (SSSR count). The number of ether oxygens (including phenoxy) is 1. The van der Waals surface area contributed by atoms with E-state index < -0.39 is 0 Å². The summed E-state index contributed by atoms with van der Waals surface area (Å²) in [6, 6.07) is 21.5. The molecule has 0 saturated heterocycles. The topological polar surface area (TPSA) is 98.1 Å². The SMILES string of the molecule is COc1ccc(C(=O)Nc2ccccc2C(=O)NCc2ccccc2Cn2cncn2)cc1. The molecule has 0 unspecified atom stereocenters. The summed E-state index contributed by atoms with van der Waals surface area (Å²) in [6.45, 7) is 0.894. The molecule has 3 aromatic carbocycles. The fourth-order valence-corrected chi connectivity index (χ4v) is 3.37. The predicted molar refractivity (Wildman–Crippen MR) is 124 cm³/mol. The minimum absolute atomic E-state index is 0.281. The van der Waals surface area contributed by atoms with E-state index >= 15 is 0 Å². The maximum atomic E-state index is 13.0. The molecular formula is C25H23N5O3. The normalized spacial score (nSPS) is 10.5. The molecule has 2 N–H and O–H groups in total. The minimum atomic E-state index is -0.309. The summed E-state index contributed by atoms with van der Waals surface area (Å²) in [5.41, 5.74) is 3.29. The Morgan fingerprint density at radius 1 is 0.909 bits per heavy atom. The third-order valence-electron chi connectivity index (χ3n) is 5.13. The van der Waals surface area contributed by atoms with Gasteiger partial charge in [-0.05, 0) is 47.5 Å². The Kier molecular flexibility index (Phi) is 6.75. The summed E-state index contributed by atoms with van der Waals surface area (Å²) in [4.78, 5) is 29.6. The average molecular weight is 441 g/mol. The number of hydrogen-bond acceptors (Lipinski definition) is 5. The van der Waals surface area contributed by atoms with Crippen LogP contribution in [-0.4, -0.2) is 33.7 Å². The van der Waals surface area contributed by atoms with Crippen molar-refractivity contribution in [2.75, 3.05) is 12.4 Å². The van der Waals surface area contributed by atoms with Gasteiger partial charge in [-0.3, -0.25) is 9.59 Å². The maximum absolute atomic E-state index is 13.0. The molecule has 4 aromatic rings. The predicted octanol–water partition coefficient (Wildman–Crippen LogP) is 3.52. The summed E-state index contributed by atoms with van der Waals surface area (Å²) >= 11 is 0. The van der Waals surface area contributed by atoms with Gasteiger partial charge in [-0.1, -0.05) is 36.4 Å². The number of para-hydroxylation sites is 1. The lowest BCUT2D eigenvalue weighted by Crippen LogP contribution is -2.25. The minimum Gasteiger partial charge on any atom is -0.497 e. The summed E-state index contributed by atoms with van der Waals surface area (Å²) in [5, 5.41) is 9.92. The van der Waals surface area contributed by atoms with E-state index in [1.54, 1.807) is 66.6 Å². The van der Waals surface area contributed by atoms with Crippen molar-refractivity contribution in [3.63, 3.8) is 0 Å². The van der Waals surface area contributed by atoms with Gasteiger partial charge in [0, 0.05) is 12.1 Å². The second-order valence-electron chi connectivity index (χ2n) is 7.27. The van der Waals surface area contributed by atoms with Crippen LogP contribution in [0.25, 0.3) is 0 Å². The molecule has 1 aromatic heterocycles. The van der Waals surface area contributed by atoms with Crippen molar-refractivity contribution in [2.24, 2.45) is 0 Å². The standard InChI is InChI=1S/C25H23N5O3/c1-33-21-12-10-18(11-13-21)24(31)29-23-9-5-4-8-22(23)25(32)27-14-19-6-2-3-7-20(19)15-30-17-26-16-28-30/h2-13,16-17H,14-15H2,1H3,(H,27,32)(H,29,31). The number of aromatic nitrogens is 3. The summed E-state index contributed by atoms with van der Waals surface area (Å²) < 4.78 is 6.85. The highest BCUT2D eigenvalue weighted by molar-refractivity contribution is 6.09. The molecule has 0 aliphatic carbocycles. The Morgan fingerprint density at radius 3 is 2.36 bits per heavy atom. The zero-order chi connectivity index (χ0) is 23.0. The first kappa shape index (κ1) is 21.8. The number of rotatable bonds is 8. The molecule has 8 heteroatoms. The fourth-order valence-electron chi connectivity index (χ4n) is 3.37. The first-order valence-electron chi connectivity index (χ1n) is 10.4. The van der Waals surface area contributed by atoms with Crippen molar-refractivity contribution in [3.8, 4) is 5.75 Å². The van der Waals surface area contributed by atoms with Crippen LogP contribution in [0.3, 0.4) is 0 Å². The van der Waals surface area contributed by atoms with Crippen LogP contribution in [-0.2, 0) is 13.1 Å². The van der Waals surface area contributed by atoms with Crippen LogP contribution >= 0.6 is 0 Å². The largest absolute Gasteiger partial charge is 0.497 e. The van der Waals surface area contributed by atoms with Gasteiger partial charge in [0.05, 0.1) is 24.9 Å². The number of hydrogen-bond donors (Lipinski definition) is 2. The number of anilines is 1. The van der Waals surface area contributed by atoms with E-state index in [0.717, 1.165) is 11.1 Å². The van der Waals surface area contributed by atoms with Gasteiger partial charge in [0.1, 0.15) is 18.4 Å². The van der Waals surface area contributed by atoms with Crippen LogP contribution in [0.5, 0.6) is 5.75 Å². The number of carbonyl (C=O) groups excluding carboxylic acids is 2. The van der Waals surface area contributed by atoms with E-state index in [2.05, 4.69) is 20.7 Å². The lowest BCUT2D eigenvalue weighted by Gasteiger charge is -2.13. The first-order chi connectivity index (χ1) is 16.1. The van der Waals surface area contributed by atoms with Crippen LogP contribution in [0, 0.1) is 0 Å². The Balaban J connectivity index is 1.45. The highest BCUT2D eigenvalue weighted by Crippen LogP contribution is 2.18. The Bertz CT molecular complexity index is 1240. The van der Waals surface area contributed by atoms with Gasteiger partial charge in [0.2, 0.25) is 0 Å². The van der Waals surface area contributed by atoms with Crippen molar-refractivity contribution in [3.05, 3.63) is 108 Å². The second-order valence-corrected chi connectivity index (χ2v) is 7.27. The Hall–Kier alpha value is -4.46. The lowest BCUT2D eigenvalue weighted by atomic mass is 10.1. The van der Waals surface area contributed by atoms with Gasteiger partial charge >= 0.3 is 0 Å². The van der Waals surface area contributed by atoms with E-state index in [1.807, 2.05) is 24.3 Å². The van der Waals surface area contributed by atoms with Crippen LogP contribution in [0.4, 0.5) is 5.69 Å². The summed E-state index contributed by atoms with van der Waals surface area (Å²) in [7, 11) is 1.57. The molecule has 0 bridgehead atoms. The summed E-state index contributed by atoms with van der Waals surface area (Å²) in [5.74, 6) is 0.0719. The zero-order valence-corrected chi connectivity index (χ0v) is 18.1. The molecule has 0 spiro atoms. The van der Waals surface area contributed by atoms with Crippen molar-refractivity contribution >= 4 is 17.5 Å². The highest BCUT2D eigenvalue weighted by atomic mass is 16.5. The van der Waals surface area contributed by atoms with Gasteiger partial charge < -0.3 is 15.4 Å². The number of nitrogens with zero attached hydrogens (tertiary/aromatic N) is 3. The van der Waals surface area contributed by atoms with E-state index in [1.165, 1.54) is 6.33 Å². The third kappa shape index (κ3) is 5.43. The van der Waals surface area contributed by atoms with E-state index in [-0.39, 0.29) is 11.8 Å². The van der Waals surface area contributed by atoms with Crippen LogP contribution in [0.1, 0.15) is 31.8 Å². The number of amides is 2. The van der Waals surface area contributed by atoms with E-state index in [0.29, 0.717) is 35.7 Å². The molecule has 0 aliphatic heterocycles. The van der Waals surface area contributed by atoms with Crippen LogP contribution < -0.4 is 15.4 Å². The molecule has 0 saturated carbocycles. The Morgan fingerprint density at radius 2 is 1.64 bits per heavy atom. The maximum Gasteiger partial charge on any atom is 0.255 e. The quantitative estimate of drug-likeness (QED) is 0.436. The fraction of sp³-hybridized carbons (Fsp3) is 0.120. The lowest BCUT2D eigenvalue weighted by molar-refractivity contribution is 0.0951. The average Bonchev–Trinajstić information content (AvgIpc) is 3.37. The Labute approximate surface area is 191 Å². The van der Waals surface area contributed by atoms with E-state index in [9.17, 15) is 9.59 Å². The number of carbonyl (C=O) groups is 2. The monoisotopic (exact) mass is 441 g/mol. The van der Waals surface area contributed by atoms with Gasteiger partial charge in [-0.15, -0.1) is 0 Å². The second kappa shape index (κ2) is 10.2. The molecule has 0 radical (unpaired) electrons. The molecule has 8 nitrogen and oxygen atoms in total. The van der Waals surface area contributed by atoms with Crippen molar-refractivity contribution in [1.82, 2.24) is 20.1 Å². The molecule has 0 aliphatic rings. The third-order valence-corrected chi connectivity index (χ3v) is 5.13. The molecule has 166 valence electrons. The number of benzene rings is 3. The molecule has 2 amide bonds. The molecule has 0 atom stereocenters. The zero-order valence-electron chi connectivity index (χ0n) is 18.1. The van der Waals surface area contributed by atoms with Gasteiger partial charge in [-0.2, -0.15) is 5.10 Å². The first-order valence-corrected chi connectivity index (χ1v) is 10.4. The highest BCUT2D eigenvalue weighted by Gasteiger charge is 2.15. The van der Waals surface area contributed by atoms with E-state index in [4.69, 9.17) is 4.74 Å². The molecular weight excluding hydrogens is 418 g/mol. The summed E-state index contributed by atoms with van der Waals surface area (Å²) in [6.07, 6.45) is 3.14. The molecule has 0 fully saturated rings. The van der Waals surface area contributed by atoms with Gasteiger partial charge in [0.15, 0.2) is 0 Å². The van der Waals surface area contributed by atoms with Crippen molar-refractivity contribution in [2.45, 2.75) is 13.1 Å².